The molecular formula is C17H11F2N3O4. The molecule has 132 valence electrons. The van der Waals surface area contributed by atoms with E-state index in [2.05, 4.69) is 4.98 Å². The van der Waals surface area contributed by atoms with Gasteiger partial charge in [-0.2, -0.15) is 0 Å². The molecule has 2 aromatic carbocycles. The fourth-order valence-corrected chi connectivity index (χ4v) is 2.23. The summed E-state index contributed by atoms with van der Waals surface area (Å²) in [6, 6.07) is 6.44. The number of nitro benzene ring substituents is 1. The highest BCUT2D eigenvalue weighted by Gasteiger charge is 2.17. The molecule has 3 rings (SSSR count). The first kappa shape index (κ1) is 17.2. The van der Waals surface area contributed by atoms with Crippen molar-refractivity contribution in [2.24, 2.45) is 7.05 Å². The van der Waals surface area contributed by atoms with E-state index in [1.807, 2.05) is 0 Å². The summed E-state index contributed by atoms with van der Waals surface area (Å²) >= 11 is 0. The molecule has 0 fully saturated rings. The van der Waals surface area contributed by atoms with Crippen LogP contribution in [-0.2, 0) is 7.05 Å². The number of nitrogens with zero attached hydrogens (tertiary/aromatic N) is 3. The number of hydrogen-bond acceptors (Lipinski definition) is 5. The van der Waals surface area contributed by atoms with E-state index in [1.165, 1.54) is 36.0 Å². The average molecular weight is 359 g/mol. The second-order valence-electron chi connectivity index (χ2n) is 5.34. The molecule has 0 saturated heterocycles. The lowest BCUT2D eigenvalue weighted by molar-refractivity contribution is -0.384. The molecule has 1 heterocycles. The highest BCUT2D eigenvalue weighted by molar-refractivity contribution is 5.70. The van der Waals surface area contributed by atoms with E-state index in [0.29, 0.717) is 6.07 Å². The topological polar surface area (TPSA) is 87.3 Å². The second-order valence-corrected chi connectivity index (χ2v) is 5.34. The maximum atomic E-state index is 13.9. The Morgan fingerprint density at radius 3 is 2.54 bits per heavy atom. The number of nitro groups is 1. The van der Waals surface area contributed by atoms with Gasteiger partial charge in [-0.3, -0.25) is 14.9 Å². The number of aromatic nitrogens is 2. The van der Waals surface area contributed by atoms with Gasteiger partial charge in [0.1, 0.15) is 11.6 Å². The monoisotopic (exact) mass is 359 g/mol. The smallest absolute Gasteiger partial charge is 0.270 e. The first-order valence-electron chi connectivity index (χ1n) is 7.29. The van der Waals surface area contributed by atoms with Gasteiger partial charge in [-0.1, -0.05) is 0 Å². The van der Waals surface area contributed by atoms with E-state index < -0.39 is 16.6 Å². The van der Waals surface area contributed by atoms with E-state index in [1.54, 1.807) is 0 Å². The van der Waals surface area contributed by atoms with Crippen molar-refractivity contribution in [2.45, 2.75) is 0 Å². The number of rotatable bonds is 4. The van der Waals surface area contributed by atoms with Crippen LogP contribution in [0.1, 0.15) is 0 Å². The molecule has 9 heteroatoms. The van der Waals surface area contributed by atoms with E-state index in [0.717, 1.165) is 18.3 Å². The fourth-order valence-electron chi connectivity index (χ4n) is 2.23. The highest BCUT2D eigenvalue weighted by Crippen LogP contribution is 2.35. The molecule has 0 atom stereocenters. The maximum absolute atomic E-state index is 13.9. The van der Waals surface area contributed by atoms with Crippen LogP contribution in [0.2, 0.25) is 0 Å². The third kappa shape index (κ3) is 3.41. The summed E-state index contributed by atoms with van der Waals surface area (Å²) in [5.41, 5.74) is -0.208. The van der Waals surface area contributed by atoms with Crippen LogP contribution in [0.5, 0.6) is 11.5 Å². The zero-order chi connectivity index (χ0) is 18.8. The molecule has 3 aromatic rings. The van der Waals surface area contributed by atoms with Crippen LogP contribution < -0.4 is 10.3 Å². The molecule has 0 aliphatic heterocycles. The van der Waals surface area contributed by atoms with Crippen molar-refractivity contribution < 1.29 is 18.4 Å². The quantitative estimate of drug-likeness (QED) is 0.526. The Kier molecular flexibility index (Phi) is 4.44. The van der Waals surface area contributed by atoms with Crippen LogP contribution in [0, 0.1) is 21.7 Å². The predicted molar refractivity (Wildman–Crippen MR) is 88.0 cm³/mol. The Morgan fingerprint density at radius 2 is 1.88 bits per heavy atom. The van der Waals surface area contributed by atoms with Gasteiger partial charge in [-0.15, -0.1) is 0 Å². The van der Waals surface area contributed by atoms with Gasteiger partial charge in [0.25, 0.3) is 11.2 Å². The molecule has 26 heavy (non-hydrogen) atoms. The van der Waals surface area contributed by atoms with Gasteiger partial charge in [0.2, 0.25) is 0 Å². The zero-order valence-corrected chi connectivity index (χ0v) is 13.3. The van der Waals surface area contributed by atoms with Crippen molar-refractivity contribution in [1.82, 2.24) is 9.55 Å². The van der Waals surface area contributed by atoms with E-state index in [-0.39, 0.29) is 34.0 Å². The molecule has 0 amide bonds. The molecule has 0 saturated carbocycles. The average Bonchev–Trinajstić information content (AvgIpc) is 2.60. The molecule has 0 aliphatic carbocycles. The van der Waals surface area contributed by atoms with E-state index in [4.69, 9.17) is 4.74 Å². The summed E-state index contributed by atoms with van der Waals surface area (Å²) < 4.78 is 33.6. The van der Waals surface area contributed by atoms with Crippen LogP contribution in [0.3, 0.4) is 0 Å². The van der Waals surface area contributed by atoms with Gasteiger partial charge in [0, 0.05) is 31.4 Å². The number of non-ortho nitro benzene ring substituents is 1. The SMILES string of the molecule is Cn1cc(-c2cc([N+](=O)[O-])ccc2Oc2ccc(F)cc2F)ncc1=O. The molecule has 0 radical (unpaired) electrons. The number of ether oxygens (including phenoxy) is 1. The molecule has 1 aromatic heterocycles. The normalized spacial score (nSPS) is 10.6. The summed E-state index contributed by atoms with van der Waals surface area (Å²) in [4.78, 5) is 25.9. The summed E-state index contributed by atoms with van der Waals surface area (Å²) in [6.07, 6.45) is 2.42. The van der Waals surface area contributed by atoms with Crippen LogP contribution in [0.4, 0.5) is 14.5 Å². The minimum atomic E-state index is -0.928. The number of benzene rings is 2. The Hall–Kier alpha value is -3.62. The van der Waals surface area contributed by atoms with Crippen LogP contribution in [-0.4, -0.2) is 14.5 Å². The number of aryl methyl sites for hydroxylation is 1. The standard InChI is InChI=1S/C17H11F2N3O4/c1-21-9-14(20-8-17(21)23)12-7-11(22(24)25)3-5-15(12)26-16-4-2-10(18)6-13(16)19/h2-9H,1H3. The Labute approximate surface area is 145 Å². The molecule has 7 nitrogen and oxygen atoms in total. The van der Waals surface area contributed by atoms with Gasteiger partial charge >= 0.3 is 0 Å². The lowest BCUT2D eigenvalue weighted by Gasteiger charge is -2.12. The predicted octanol–water partition coefficient (Wildman–Crippen LogP) is 3.43. The van der Waals surface area contributed by atoms with Crippen LogP contribution >= 0.6 is 0 Å². The molecule has 0 unspecified atom stereocenters. The highest BCUT2D eigenvalue weighted by atomic mass is 19.1. The van der Waals surface area contributed by atoms with Crippen LogP contribution in [0.25, 0.3) is 11.3 Å². The van der Waals surface area contributed by atoms with Crippen LogP contribution in [0.15, 0.2) is 53.6 Å². The van der Waals surface area contributed by atoms with E-state index >= 15 is 0 Å². The lowest BCUT2D eigenvalue weighted by Crippen LogP contribution is -2.15. The van der Waals surface area contributed by atoms with Crippen molar-refractivity contribution in [3.8, 4) is 22.8 Å². The van der Waals surface area contributed by atoms with Gasteiger partial charge in [-0.25, -0.2) is 13.8 Å². The number of hydrogen-bond donors (Lipinski definition) is 0. The summed E-state index contributed by atoms with van der Waals surface area (Å²) in [7, 11) is 1.49. The summed E-state index contributed by atoms with van der Waals surface area (Å²) in [5, 5.41) is 11.1. The van der Waals surface area contributed by atoms with Crippen molar-refractivity contribution in [2.75, 3.05) is 0 Å². The van der Waals surface area contributed by atoms with Gasteiger partial charge in [-0.05, 0) is 18.2 Å². The Balaban J connectivity index is 2.13. The first-order chi connectivity index (χ1) is 12.3. The lowest BCUT2D eigenvalue weighted by atomic mass is 10.1. The second kappa shape index (κ2) is 6.71. The molecule has 0 aliphatic rings. The maximum Gasteiger partial charge on any atom is 0.270 e. The molecule has 0 bridgehead atoms. The Bertz CT molecular complexity index is 1070. The summed E-state index contributed by atoms with van der Waals surface area (Å²) in [6.45, 7) is 0. The van der Waals surface area contributed by atoms with E-state index in [9.17, 15) is 23.7 Å². The summed E-state index contributed by atoms with van der Waals surface area (Å²) in [5.74, 6) is -1.89. The first-order valence-corrected chi connectivity index (χ1v) is 7.29. The zero-order valence-electron chi connectivity index (χ0n) is 13.3. The van der Waals surface area contributed by atoms with Crippen molar-refractivity contribution in [3.63, 3.8) is 0 Å². The number of halogens is 2. The Morgan fingerprint density at radius 1 is 1.15 bits per heavy atom. The third-order valence-corrected chi connectivity index (χ3v) is 3.54. The largest absolute Gasteiger partial charge is 0.454 e. The molecule has 0 N–H and O–H groups in total. The minimum absolute atomic E-state index is 0.0623. The van der Waals surface area contributed by atoms with Gasteiger partial charge in [0.15, 0.2) is 11.6 Å². The van der Waals surface area contributed by atoms with Gasteiger partial charge in [0.05, 0.1) is 22.4 Å². The third-order valence-electron chi connectivity index (χ3n) is 3.54. The van der Waals surface area contributed by atoms with Crippen molar-refractivity contribution in [3.05, 3.63) is 80.9 Å². The molecule has 0 spiro atoms. The molecular weight excluding hydrogens is 348 g/mol. The van der Waals surface area contributed by atoms with Gasteiger partial charge < -0.3 is 9.30 Å². The minimum Gasteiger partial charge on any atom is -0.454 e. The van der Waals surface area contributed by atoms with Crippen molar-refractivity contribution >= 4 is 5.69 Å². The van der Waals surface area contributed by atoms with Crippen molar-refractivity contribution in [1.29, 1.82) is 0 Å². The fraction of sp³-hybridized carbons (Fsp3) is 0.0588.